The SMILES string of the molecule is CCc1ccccc1NC(=O)C(=O)NCCCc1ccccc1. The Bertz CT molecular complexity index is 653. The van der Waals surface area contributed by atoms with Gasteiger partial charge >= 0.3 is 11.8 Å². The number of rotatable bonds is 6. The van der Waals surface area contributed by atoms with Gasteiger partial charge in [0.05, 0.1) is 0 Å². The van der Waals surface area contributed by atoms with Gasteiger partial charge in [-0.2, -0.15) is 0 Å². The van der Waals surface area contributed by atoms with E-state index in [0.717, 1.165) is 24.8 Å². The summed E-state index contributed by atoms with van der Waals surface area (Å²) in [5, 5.41) is 5.33. The average Bonchev–Trinajstić information content (AvgIpc) is 2.60. The zero-order chi connectivity index (χ0) is 16.5. The van der Waals surface area contributed by atoms with Gasteiger partial charge in [-0.3, -0.25) is 9.59 Å². The van der Waals surface area contributed by atoms with Gasteiger partial charge in [-0.05, 0) is 36.5 Å². The van der Waals surface area contributed by atoms with Crippen LogP contribution in [0.1, 0.15) is 24.5 Å². The third-order valence-corrected chi connectivity index (χ3v) is 3.62. The number of nitrogens with one attached hydrogen (secondary N) is 2. The van der Waals surface area contributed by atoms with E-state index in [1.807, 2.05) is 43.3 Å². The second-order valence-electron chi connectivity index (χ2n) is 5.31. The summed E-state index contributed by atoms with van der Waals surface area (Å²) in [6.45, 7) is 2.49. The van der Waals surface area contributed by atoms with Crippen LogP contribution < -0.4 is 10.6 Å². The maximum Gasteiger partial charge on any atom is 0.313 e. The Morgan fingerprint density at radius 1 is 0.913 bits per heavy atom. The number of hydrogen-bond acceptors (Lipinski definition) is 2. The minimum atomic E-state index is -0.620. The van der Waals surface area contributed by atoms with E-state index in [-0.39, 0.29) is 0 Å². The lowest BCUT2D eigenvalue weighted by atomic mass is 10.1. The van der Waals surface area contributed by atoms with Gasteiger partial charge in [0.2, 0.25) is 0 Å². The summed E-state index contributed by atoms with van der Waals surface area (Å²) in [5.74, 6) is -1.21. The van der Waals surface area contributed by atoms with Crippen molar-refractivity contribution in [3.8, 4) is 0 Å². The van der Waals surface area contributed by atoms with Crippen molar-refractivity contribution in [3.05, 3.63) is 65.7 Å². The molecule has 0 aliphatic carbocycles. The molecule has 0 atom stereocenters. The first kappa shape index (κ1) is 16.7. The fraction of sp³-hybridized carbons (Fsp3) is 0.263. The number of aryl methyl sites for hydroxylation is 2. The first-order valence-corrected chi connectivity index (χ1v) is 7.91. The van der Waals surface area contributed by atoms with Gasteiger partial charge in [0.25, 0.3) is 0 Å². The van der Waals surface area contributed by atoms with Gasteiger partial charge in [-0.1, -0.05) is 55.5 Å². The summed E-state index contributed by atoms with van der Waals surface area (Å²) in [6, 6.07) is 17.6. The number of benzene rings is 2. The monoisotopic (exact) mass is 310 g/mol. The molecule has 0 fully saturated rings. The van der Waals surface area contributed by atoms with E-state index in [1.165, 1.54) is 5.56 Å². The Hall–Kier alpha value is -2.62. The fourth-order valence-electron chi connectivity index (χ4n) is 2.35. The van der Waals surface area contributed by atoms with Crippen molar-refractivity contribution >= 4 is 17.5 Å². The first-order valence-electron chi connectivity index (χ1n) is 7.91. The van der Waals surface area contributed by atoms with Gasteiger partial charge < -0.3 is 10.6 Å². The molecule has 0 aromatic heterocycles. The lowest BCUT2D eigenvalue weighted by Crippen LogP contribution is -2.36. The molecule has 0 radical (unpaired) electrons. The third kappa shape index (κ3) is 5.25. The molecule has 0 heterocycles. The van der Waals surface area contributed by atoms with Crippen LogP contribution in [-0.4, -0.2) is 18.4 Å². The molecule has 2 rings (SSSR count). The highest BCUT2D eigenvalue weighted by atomic mass is 16.2. The second kappa shape index (κ2) is 8.73. The number of carbonyl (C=O) groups excluding carboxylic acids is 2. The standard InChI is InChI=1S/C19H22N2O2/c1-2-16-12-6-7-13-17(16)21-19(23)18(22)20-14-8-11-15-9-4-3-5-10-15/h3-7,9-10,12-13H,2,8,11,14H2,1H3,(H,20,22)(H,21,23). The molecule has 23 heavy (non-hydrogen) atoms. The van der Waals surface area contributed by atoms with Crippen molar-refractivity contribution in [1.29, 1.82) is 0 Å². The van der Waals surface area contributed by atoms with Crippen LogP contribution in [0.2, 0.25) is 0 Å². The number of para-hydroxylation sites is 1. The van der Waals surface area contributed by atoms with E-state index < -0.39 is 11.8 Å². The van der Waals surface area contributed by atoms with Crippen LogP contribution in [-0.2, 0) is 22.4 Å². The van der Waals surface area contributed by atoms with Crippen LogP contribution in [0.15, 0.2) is 54.6 Å². The molecular weight excluding hydrogens is 288 g/mol. The first-order chi connectivity index (χ1) is 11.2. The summed E-state index contributed by atoms with van der Waals surface area (Å²) in [4.78, 5) is 23.8. The van der Waals surface area contributed by atoms with Gasteiger partial charge in [0.15, 0.2) is 0 Å². The Morgan fingerprint density at radius 2 is 1.61 bits per heavy atom. The molecule has 0 unspecified atom stereocenters. The van der Waals surface area contributed by atoms with E-state index >= 15 is 0 Å². The molecule has 0 spiro atoms. The lowest BCUT2D eigenvalue weighted by molar-refractivity contribution is -0.136. The average molecular weight is 310 g/mol. The van der Waals surface area contributed by atoms with Crippen LogP contribution >= 0.6 is 0 Å². The van der Waals surface area contributed by atoms with E-state index in [0.29, 0.717) is 12.2 Å². The molecule has 2 N–H and O–H groups in total. The van der Waals surface area contributed by atoms with Gasteiger partial charge in [0.1, 0.15) is 0 Å². The van der Waals surface area contributed by atoms with E-state index in [2.05, 4.69) is 22.8 Å². The predicted octanol–water partition coefficient (Wildman–Crippen LogP) is 2.94. The summed E-state index contributed by atoms with van der Waals surface area (Å²) >= 11 is 0. The topological polar surface area (TPSA) is 58.2 Å². The highest BCUT2D eigenvalue weighted by molar-refractivity contribution is 6.39. The molecule has 0 bridgehead atoms. The molecule has 4 heteroatoms. The molecule has 4 nitrogen and oxygen atoms in total. The number of amides is 2. The molecule has 0 saturated carbocycles. The van der Waals surface area contributed by atoms with Crippen molar-refractivity contribution in [3.63, 3.8) is 0 Å². The minimum Gasteiger partial charge on any atom is -0.348 e. The summed E-state index contributed by atoms with van der Waals surface area (Å²) in [6.07, 6.45) is 2.48. The normalized spacial score (nSPS) is 10.1. The third-order valence-electron chi connectivity index (χ3n) is 3.62. The molecule has 0 saturated heterocycles. The van der Waals surface area contributed by atoms with Crippen molar-refractivity contribution < 1.29 is 9.59 Å². The highest BCUT2D eigenvalue weighted by Gasteiger charge is 2.14. The van der Waals surface area contributed by atoms with Crippen LogP contribution in [0.3, 0.4) is 0 Å². The highest BCUT2D eigenvalue weighted by Crippen LogP contribution is 2.15. The second-order valence-corrected chi connectivity index (χ2v) is 5.31. The number of anilines is 1. The molecule has 2 aromatic rings. The van der Waals surface area contributed by atoms with Gasteiger partial charge in [0, 0.05) is 12.2 Å². The van der Waals surface area contributed by atoms with Crippen molar-refractivity contribution in [2.45, 2.75) is 26.2 Å². The molecule has 2 aromatic carbocycles. The Labute approximate surface area is 136 Å². The lowest BCUT2D eigenvalue weighted by Gasteiger charge is -2.09. The molecular formula is C19H22N2O2. The zero-order valence-electron chi connectivity index (χ0n) is 13.3. The van der Waals surface area contributed by atoms with Gasteiger partial charge in [-0.15, -0.1) is 0 Å². The summed E-state index contributed by atoms with van der Waals surface area (Å²) < 4.78 is 0. The smallest absolute Gasteiger partial charge is 0.313 e. The van der Waals surface area contributed by atoms with Crippen molar-refractivity contribution in [2.75, 3.05) is 11.9 Å². The molecule has 120 valence electrons. The number of hydrogen-bond donors (Lipinski definition) is 2. The zero-order valence-corrected chi connectivity index (χ0v) is 13.3. The fourth-order valence-corrected chi connectivity index (χ4v) is 2.35. The summed E-state index contributed by atoms with van der Waals surface area (Å²) in [5.41, 5.74) is 2.93. The predicted molar refractivity (Wildman–Crippen MR) is 92.2 cm³/mol. The Morgan fingerprint density at radius 3 is 2.35 bits per heavy atom. The van der Waals surface area contributed by atoms with E-state index in [4.69, 9.17) is 0 Å². The Kier molecular flexibility index (Phi) is 6.36. The van der Waals surface area contributed by atoms with Crippen LogP contribution in [0, 0.1) is 0 Å². The van der Waals surface area contributed by atoms with Gasteiger partial charge in [-0.25, -0.2) is 0 Å². The van der Waals surface area contributed by atoms with E-state index in [1.54, 1.807) is 6.07 Å². The molecule has 2 amide bonds. The molecule has 0 aliphatic heterocycles. The largest absolute Gasteiger partial charge is 0.348 e. The quantitative estimate of drug-likeness (QED) is 0.636. The molecule has 0 aliphatic rings. The maximum absolute atomic E-state index is 11.9. The van der Waals surface area contributed by atoms with Crippen molar-refractivity contribution in [1.82, 2.24) is 5.32 Å². The van der Waals surface area contributed by atoms with Crippen molar-refractivity contribution in [2.24, 2.45) is 0 Å². The van der Waals surface area contributed by atoms with Crippen LogP contribution in [0.25, 0.3) is 0 Å². The minimum absolute atomic E-state index is 0.483. The van der Waals surface area contributed by atoms with E-state index in [9.17, 15) is 9.59 Å². The summed E-state index contributed by atoms with van der Waals surface area (Å²) in [7, 11) is 0. The van der Waals surface area contributed by atoms with Crippen LogP contribution in [0.5, 0.6) is 0 Å². The number of carbonyl (C=O) groups is 2. The Balaban J connectivity index is 1.76. The van der Waals surface area contributed by atoms with Crippen LogP contribution in [0.4, 0.5) is 5.69 Å². The maximum atomic E-state index is 11.9.